The molecule has 0 bridgehead atoms. The highest BCUT2D eigenvalue weighted by Gasteiger charge is 2.33. The van der Waals surface area contributed by atoms with Crippen molar-refractivity contribution < 1.29 is 31.1 Å². The molecule has 0 saturated heterocycles. The number of nitrogens with one attached hydrogen (secondary N) is 1. The van der Waals surface area contributed by atoms with Crippen LogP contribution in [0, 0.1) is 0 Å². The number of alkyl halides is 6. The van der Waals surface area contributed by atoms with E-state index in [-0.39, 0.29) is 6.54 Å². The molecule has 1 N–H and O–H groups in total. The molecule has 0 fully saturated rings. The fourth-order valence-corrected chi connectivity index (χ4v) is 1.28. The smallest absolute Gasteiger partial charge is 0.332 e. The van der Waals surface area contributed by atoms with Gasteiger partial charge in [0.25, 0.3) is 0 Å². The molecule has 0 radical (unpaired) electrons. The maximum atomic E-state index is 12.2. The maximum Gasteiger partial charge on any atom is 0.406 e. The second kappa shape index (κ2) is 7.56. The quantitative estimate of drug-likeness (QED) is 0.731. The molecule has 0 saturated carbocycles. The van der Waals surface area contributed by atoms with Gasteiger partial charge in [-0.2, -0.15) is 26.3 Å². The molecule has 3 nitrogen and oxygen atoms in total. The third-order valence-corrected chi connectivity index (χ3v) is 2.11. The van der Waals surface area contributed by atoms with Crippen molar-refractivity contribution in [1.29, 1.82) is 0 Å². The molecule has 0 spiro atoms. The van der Waals surface area contributed by atoms with Gasteiger partial charge in [0.1, 0.15) is 6.54 Å². The van der Waals surface area contributed by atoms with E-state index in [1.807, 2.05) is 0 Å². The zero-order valence-corrected chi connectivity index (χ0v) is 10.4. The van der Waals surface area contributed by atoms with Crippen molar-refractivity contribution in [3.63, 3.8) is 0 Å². The average molecular weight is 294 g/mol. The summed E-state index contributed by atoms with van der Waals surface area (Å²) < 4.78 is 72.1. The standard InChI is InChI=1S/C10H16F6N2O/c1-2-3-4-18(7-10(14,15)16)8(19)5-17-6-9(11,12)13/h17H,2-7H2,1H3. The summed E-state index contributed by atoms with van der Waals surface area (Å²) >= 11 is 0. The Balaban J connectivity index is 4.30. The summed E-state index contributed by atoms with van der Waals surface area (Å²) in [6.07, 6.45) is -8.12. The molecular formula is C10H16F6N2O. The highest BCUT2D eigenvalue weighted by molar-refractivity contribution is 5.78. The second-order valence-corrected chi connectivity index (χ2v) is 4.00. The molecule has 0 aliphatic rings. The van der Waals surface area contributed by atoms with Crippen molar-refractivity contribution in [1.82, 2.24) is 10.2 Å². The summed E-state index contributed by atoms with van der Waals surface area (Å²) in [5.74, 6) is -0.991. The SMILES string of the molecule is CCCCN(CC(F)(F)F)C(=O)CNCC(F)(F)F. The van der Waals surface area contributed by atoms with Gasteiger partial charge in [-0.25, -0.2) is 0 Å². The van der Waals surface area contributed by atoms with E-state index in [0.717, 1.165) is 0 Å². The molecule has 0 atom stereocenters. The third-order valence-electron chi connectivity index (χ3n) is 2.11. The van der Waals surface area contributed by atoms with E-state index in [9.17, 15) is 31.1 Å². The Kier molecular flexibility index (Phi) is 7.17. The van der Waals surface area contributed by atoms with Gasteiger partial charge in [-0.05, 0) is 6.42 Å². The van der Waals surface area contributed by atoms with E-state index in [1.54, 1.807) is 12.2 Å². The number of carbonyl (C=O) groups is 1. The third kappa shape index (κ3) is 10.6. The number of unbranched alkanes of at least 4 members (excludes halogenated alkanes) is 1. The molecule has 0 aliphatic heterocycles. The lowest BCUT2D eigenvalue weighted by Gasteiger charge is -2.24. The number of nitrogens with zero attached hydrogens (tertiary/aromatic N) is 1. The zero-order chi connectivity index (χ0) is 15.1. The normalized spacial score (nSPS) is 12.6. The largest absolute Gasteiger partial charge is 0.406 e. The Bertz CT molecular complexity index is 276. The number of amides is 1. The van der Waals surface area contributed by atoms with Crippen LogP contribution in [0.5, 0.6) is 0 Å². The van der Waals surface area contributed by atoms with Crippen LogP contribution >= 0.6 is 0 Å². The van der Waals surface area contributed by atoms with Crippen LogP contribution in [0.1, 0.15) is 19.8 Å². The van der Waals surface area contributed by atoms with Gasteiger partial charge in [-0.3, -0.25) is 4.79 Å². The van der Waals surface area contributed by atoms with Gasteiger partial charge in [0, 0.05) is 6.54 Å². The monoisotopic (exact) mass is 294 g/mol. The van der Waals surface area contributed by atoms with Gasteiger partial charge in [-0.15, -0.1) is 0 Å². The van der Waals surface area contributed by atoms with Crippen molar-refractivity contribution in [2.45, 2.75) is 32.1 Å². The number of rotatable bonds is 7. The van der Waals surface area contributed by atoms with Gasteiger partial charge in [0.05, 0.1) is 13.1 Å². The van der Waals surface area contributed by atoms with Crippen molar-refractivity contribution in [2.24, 2.45) is 0 Å². The zero-order valence-electron chi connectivity index (χ0n) is 10.4. The van der Waals surface area contributed by atoms with E-state index >= 15 is 0 Å². The van der Waals surface area contributed by atoms with Crippen LogP contribution in [-0.4, -0.2) is 49.3 Å². The Labute approximate surface area is 106 Å². The molecule has 1 amide bonds. The first-order chi connectivity index (χ1) is 8.55. The van der Waals surface area contributed by atoms with Crippen LogP contribution in [0.25, 0.3) is 0 Å². The minimum atomic E-state index is -4.56. The van der Waals surface area contributed by atoms with Crippen molar-refractivity contribution in [3.05, 3.63) is 0 Å². The molecule has 0 aromatic heterocycles. The van der Waals surface area contributed by atoms with Crippen LogP contribution in [0.3, 0.4) is 0 Å². The molecule has 0 unspecified atom stereocenters. The van der Waals surface area contributed by atoms with Crippen LogP contribution < -0.4 is 5.32 Å². The average Bonchev–Trinajstić information content (AvgIpc) is 2.20. The Hall–Kier alpha value is -0.990. The highest BCUT2D eigenvalue weighted by atomic mass is 19.4. The van der Waals surface area contributed by atoms with Crippen molar-refractivity contribution in [3.8, 4) is 0 Å². The van der Waals surface area contributed by atoms with Gasteiger partial charge >= 0.3 is 12.4 Å². The van der Waals surface area contributed by atoms with Gasteiger partial charge < -0.3 is 10.2 Å². The topological polar surface area (TPSA) is 32.3 Å². The lowest BCUT2D eigenvalue weighted by Crippen LogP contribution is -2.45. The van der Waals surface area contributed by atoms with Crippen LogP contribution in [0.15, 0.2) is 0 Å². The van der Waals surface area contributed by atoms with Gasteiger partial charge in [0.2, 0.25) is 5.91 Å². The second-order valence-electron chi connectivity index (χ2n) is 4.00. The Morgan fingerprint density at radius 2 is 1.68 bits per heavy atom. The first-order valence-corrected chi connectivity index (χ1v) is 5.67. The summed E-state index contributed by atoms with van der Waals surface area (Å²) in [5.41, 5.74) is 0. The summed E-state index contributed by atoms with van der Waals surface area (Å²) in [5, 5.41) is 1.78. The number of hydrogen-bond acceptors (Lipinski definition) is 2. The lowest BCUT2D eigenvalue weighted by molar-refractivity contribution is -0.161. The van der Waals surface area contributed by atoms with E-state index in [2.05, 4.69) is 0 Å². The van der Waals surface area contributed by atoms with Crippen LogP contribution in [0.4, 0.5) is 26.3 Å². The van der Waals surface area contributed by atoms with Crippen molar-refractivity contribution in [2.75, 3.05) is 26.2 Å². The van der Waals surface area contributed by atoms with Crippen molar-refractivity contribution >= 4 is 5.91 Å². The Morgan fingerprint density at radius 3 is 2.11 bits per heavy atom. The van der Waals surface area contributed by atoms with Gasteiger partial charge in [0.15, 0.2) is 0 Å². The van der Waals surface area contributed by atoms with E-state index in [4.69, 9.17) is 0 Å². The fourth-order valence-electron chi connectivity index (χ4n) is 1.28. The molecule has 0 aromatic rings. The molecular weight excluding hydrogens is 278 g/mol. The lowest BCUT2D eigenvalue weighted by atomic mass is 10.3. The predicted molar refractivity (Wildman–Crippen MR) is 56.5 cm³/mol. The molecule has 114 valence electrons. The number of halogens is 6. The Morgan fingerprint density at radius 1 is 1.11 bits per heavy atom. The first-order valence-electron chi connectivity index (χ1n) is 5.67. The molecule has 0 aliphatic carbocycles. The highest BCUT2D eigenvalue weighted by Crippen LogP contribution is 2.17. The number of hydrogen-bond donors (Lipinski definition) is 1. The number of carbonyl (C=O) groups excluding carboxylic acids is 1. The van der Waals surface area contributed by atoms with Crippen LogP contribution in [0.2, 0.25) is 0 Å². The van der Waals surface area contributed by atoms with E-state index < -0.39 is 37.9 Å². The molecule has 9 heteroatoms. The summed E-state index contributed by atoms with van der Waals surface area (Å²) in [6.45, 7) is -2.01. The minimum absolute atomic E-state index is 0.122. The van der Waals surface area contributed by atoms with E-state index in [1.165, 1.54) is 0 Å². The van der Waals surface area contributed by atoms with Crippen LogP contribution in [-0.2, 0) is 4.79 Å². The predicted octanol–water partition coefficient (Wildman–Crippen LogP) is 2.33. The molecule has 19 heavy (non-hydrogen) atoms. The molecule has 0 aromatic carbocycles. The summed E-state index contributed by atoms with van der Waals surface area (Å²) in [7, 11) is 0. The fraction of sp³-hybridized carbons (Fsp3) is 0.900. The maximum absolute atomic E-state index is 12.2. The summed E-state index contributed by atoms with van der Waals surface area (Å²) in [6, 6.07) is 0. The first kappa shape index (κ1) is 18.0. The summed E-state index contributed by atoms with van der Waals surface area (Å²) in [4.78, 5) is 11.9. The minimum Gasteiger partial charge on any atom is -0.332 e. The molecule has 0 heterocycles. The van der Waals surface area contributed by atoms with Gasteiger partial charge in [-0.1, -0.05) is 13.3 Å². The van der Waals surface area contributed by atoms with E-state index in [0.29, 0.717) is 17.7 Å². The molecule has 0 rings (SSSR count).